The minimum atomic E-state index is -1.93. The topological polar surface area (TPSA) is 141 Å². The third-order valence-corrected chi connectivity index (χ3v) is 10.2. The van der Waals surface area contributed by atoms with Gasteiger partial charge in [0.15, 0.2) is 0 Å². The molecule has 2 saturated heterocycles. The third kappa shape index (κ3) is 6.11. The number of rotatable bonds is 12. The van der Waals surface area contributed by atoms with Gasteiger partial charge in [0.1, 0.15) is 49.0 Å². The summed E-state index contributed by atoms with van der Waals surface area (Å²) in [4.78, 5) is 61.9. The predicted molar refractivity (Wildman–Crippen MR) is 195 cm³/mol. The van der Waals surface area contributed by atoms with Crippen molar-refractivity contribution in [3.63, 3.8) is 0 Å². The van der Waals surface area contributed by atoms with E-state index in [9.17, 15) is 19.5 Å². The lowest BCUT2D eigenvalue weighted by molar-refractivity contribution is -0.180. The van der Waals surface area contributed by atoms with Crippen molar-refractivity contribution in [2.75, 3.05) is 45.0 Å². The normalized spacial score (nSPS) is 24.4. The van der Waals surface area contributed by atoms with Crippen molar-refractivity contribution < 1.29 is 48.0 Å². The van der Waals surface area contributed by atoms with Gasteiger partial charge in [0.05, 0.1) is 31.0 Å². The van der Waals surface area contributed by atoms with E-state index >= 15 is 4.79 Å². The molecular formula is C42H40N2O10. The monoisotopic (exact) mass is 732 g/mol. The summed E-state index contributed by atoms with van der Waals surface area (Å²) >= 11 is 0. The van der Waals surface area contributed by atoms with Crippen LogP contribution in [0, 0.1) is 5.92 Å². The van der Waals surface area contributed by atoms with Gasteiger partial charge in [0.25, 0.3) is 0 Å². The number of amides is 2. The number of hydrogen-bond donors (Lipinski definition) is 1. The first-order valence-corrected chi connectivity index (χ1v) is 17.7. The Morgan fingerprint density at radius 1 is 0.815 bits per heavy atom. The second kappa shape index (κ2) is 15.7. The molecule has 7 rings (SSSR count). The molecule has 3 aliphatic heterocycles. The molecule has 1 spiro atoms. The first-order valence-electron chi connectivity index (χ1n) is 17.7. The zero-order chi connectivity index (χ0) is 37.8. The van der Waals surface area contributed by atoms with Crippen molar-refractivity contribution in [2.45, 2.75) is 29.6 Å². The first-order chi connectivity index (χ1) is 26.4. The fraction of sp³-hybridized carbons (Fsp3) is 0.286. The summed E-state index contributed by atoms with van der Waals surface area (Å²) in [5, 5.41) is 9.39. The largest absolute Gasteiger partial charge is 0.491 e. The number of morpholine rings is 1. The number of anilines is 1. The molecule has 1 N–H and O–H groups in total. The first kappa shape index (κ1) is 36.5. The van der Waals surface area contributed by atoms with E-state index in [1.165, 1.54) is 13.2 Å². The number of carbonyl (C=O) groups excluding carboxylic acids is 4. The summed E-state index contributed by atoms with van der Waals surface area (Å²) in [6.07, 6.45) is -0.421. The maximum absolute atomic E-state index is 15.6. The van der Waals surface area contributed by atoms with Crippen molar-refractivity contribution in [3.05, 3.63) is 144 Å². The van der Waals surface area contributed by atoms with Crippen molar-refractivity contribution >= 4 is 29.6 Å². The smallest absolute Gasteiger partial charge is 0.421 e. The number of ether oxygens (including phenoxy) is 5. The summed E-state index contributed by atoms with van der Waals surface area (Å²) in [6.45, 7) is 3.33. The number of imide groups is 1. The lowest BCUT2D eigenvalue weighted by Crippen LogP contribution is -2.53. The Kier molecular flexibility index (Phi) is 10.6. The van der Waals surface area contributed by atoms with Crippen LogP contribution in [-0.4, -0.2) is 80.1 Å². The van der Waals surface area contributed by atoms with Crippen LogP contribution >= 0.6 is 0 Å². The van der Waals surface area contributed by atoms with Gasteiger partial charge in [-0.15, -0.1) is 0 Å². The van der Waals surface area contributed by atoms with E-state index in [-0.39, 0.29) is 38.7 Å². The standard InChI is InChI=1S/C42H40N2O10/c1-3-23-52-38(46)33-35-39(47)54-36(28-14-8-5-9-15-28)34(27-12-6-4-7-13-27)44(35)37(29-18-20-30(21-19-29)51-24-22-45)42(33)31-16-10-11-17-32(31)43(40(42)48)41(49)53-26-25-50-2/h3-21,33-37,45H,1,22-26H2,2H3/t33-,34-,35-,36+,37+,42-/m1/s1. The van der Waals surface area contributed by atoms with Gasteiger partial charge >= 0.3 is 18.0 Å². The van der Waals surface area contributed by atoms with E-state index in [1.54, 1.807) is 48.5 Å². The molecule has 4 aromatic carbocycles. The Bertz CT molecular complexity index is 2010. The summed E-state index contributed by atoms with van der Waals surface area (Å²) in [5.74, 6) is -3.38. The van der Waals surface area contributed by atoms with E-state index < -0.39 is 59.5 Å². The van der Waals surface area contributed by atoms with Crippen LogP contribution in [-0.2, 0) is 38.7 Å². The van der Waals surface area contributed by atoms with Crippen LogP contribution in [0.2, 0.25) is 0 Å². The molecule has 0 bridgehead atoms. The highest BCUT2D eigenvalue weighted by atomic mass is 16.6. The van der Waals surface area contributed by atoms with Crippen LogP contribution in [0.4, 0.5) is 10.5 Å². The molecule has 278 valence electrons. The van der Waals surface area contributed by atoms with Gasteiger partial charge in [-0.25, -0.2) is 9.69 Å². The van der Waals surface area contributed by atoms with Crippen molar-refractivity contribution in [2.24, 2.45) is 5.92 Å². The average Bonchev–Trinajstić information content (AvgIpc) is 3.66. The predicted octanol–water partition coefficient (Wildman–Crippen LogP) is 5.24. The number of cyclic esters (lactones) is 1. The van der Waals surface area contributed by atoms with E-state index in [1.807, 2.05) is 65.6 Å². The Labute approximate surface area is 312 Å². The van der Waals surface area contributed by atoms with Crippen molar-refractivity contribution in [3.8, 4) is 5.75 Å². The molecule has 12 nitrogen and oxygen atoms in total. The van der Waals surface area contributed by atoms with Gasteiger partial charge in [-0.1, -0.05) is 104 Å². The maximum atomic E-state index is 15.6. The molecule has 0 radical (unpaired) electrons. The summed E-state index contributed by atoms with van der Waals surface area (Å²) in [7, 11) is 1.46. The molecule has 0 aromatic heterocycles. The number of aliphatic hydroxyl groups excluding tert-OH is 1. The van der Waals surface area contributed by atoms with E-state index in [0.29, 0.717) is 22.4 Å². The number of carbonyl (C=O) groups is 4. The molecule has 4 aromatic rings. The van der Waals surface area contributed by atoms with Crippen molar-refractivity contribution in [1.82, 2.24) is 4.90 Å². The minimum Gasteiger partial charge on any atom is -0.491 e. The third-order valence-electron chi connectivity index (χ3n) is 10.2. The number of hydrogen-bond acceptors (Lipinski definition) is 11. The van der Waals surface area contributed by atoms with Crippen LogP contribution in [0.15, 0.2) is 122 Å². The Morgan fingerprint density at radius 2 is 1.48 bits per heavy atom. The second-order valence-corrected chi connectivity index (χ2v) is 13.1. The zero-order valence-corrected chi connectivity index (χ0v) is 29.6. The van der Waals surface area contributed by atoms with E-state index in [0.717, 1.165) is 10.5 Å². The fourth-order valence-electron chi connectivity index (χ4n) is 8.23. The number of aliphatic hydroxyl groups is 1. The average molecular weight is 733 g/mol. The van der Waals surface area contributed by atoms with Crippen molar-refractivity contribution in [1.29, 1.82) is 0 Å². The van der Waals surface area contributed by atoms with Gasteiger partial charge in [0, 0.05) is 7.11 Å². The van der Waals surface area contributed by atoms with Gasteiger partial charge in [0.2, 0.25) is 5.91 Å². The fourth-order valence-corrected chi connectivity index (χ4v) is 8.23. The molecule has 3 aliphatic rings. The molecule has 0 unspecified atom stereocenters. The molecule has 6 atom stereocenters. The number of para-hydroxylation sites is 1. The second-order valence-electron chi connectivity index (χ2n) is 13.1. The van der Waals surface area contributed by atoms with Gasteiger partial charge in [-0.05, 0) is 40.5 Å². The number of methoxy groups -OCH3 is 1. The highest BCUT2D eigenvalue weighted by Crippen LogP contribution is 2.66. The number of fused-ring (bicyclic) bond motifs is 3. The maximum Gasteiger partial charge on any atom is 0.421 e. The van der Waals surface area contributed by atoms with E-state index in [2.05, 4.69) is 6.58 Å². The highest BCUT2D eigenvalue weighted by molar-refractivity contribution is 6.23. The quantitative estimate of drug-likeness (QED) is 0.0886. The lowest BCUT2D eigenvalue weighted by Gasteiger charge is -2.46. The molecule has 2 fully saturated rings. The molecule has 12 heteroatoms. The zero-order valence-electron chi connectivity index (χ0n) is 29.6. The molecule has 0 aliphatic carbocycles. The molecular weight excluding hydrogens is 692 g/mol. The van der Waals surface area contributed by atoms with E-state index in [4.69, 9.17) is 23.7 Å². The van der Waals surface area contributed by atoms with Crippen LogP contribution in [0.1, 0.15) is 40.4 Å². The number of esters is 2. The molecule has 2 amide bonds. The molecule has 0 saturated carbocycles. The highest BCUT2D eigenvalue weighted by Gasteiger charge is 2.76. The van der Waals surface area contributed by atoms with Gasteiger partial charge < -0.3 is 28.8 Å². The van der Waals surface area contributed by atoms with Crippen LogP contribution in [0.3, 0.4) is 0 Å². The number of nitrogens with zero attached hydrogens (tertiary/aromatic N) is 2. The molecule has 54 heavy (non-hydrogen) atoms. The molecule has 3 heterocycles. The SMILES string of the molecule is C=CCOC(=O)[C@H]1[C@@H]2C(=O)O[C@@H](c3ccccc3)[C@@H](c3ccccc3)N2[C@@H](c2ccc(OCCO)cc2)[C@]12C(=O)N(C(=O)OCCOC)c1ccccc12. The van der Waals surface area contributed by atoms with Crippen LogP contribution in [0.25, 0.3) is 0 Å². The summed E-state index contributed by atoms with van der Waals surface area (Å²) < 4.78 is 28.4. The van der Waals surface area contributed by atoms with Crippen LogP contribution < -0.4 is 9.64 Å². The summed E-state index contributed by atoms with van der Waals surface area (Å²) in [6, 6.07) is 29.3. The Hall–Kier alpha value is -5.82. The lowest BCUT2D eigenvalue weighted by atomic mass is 9.65. The van der Waals surface area contributed by atoms with Gasteiger partial charge in [-0.3, -0.25) is 19.3 Å². The number of benzene rings is 4. The Balaban J connectivity index is 1.53. The minimum absolute atomic E-state index is 0.0603. The van der Waals surface area contributed by atoms with Crippen LogP contribution in [0.5, 0.6) is 5.75 Å². The van der Waals surface area contributed by atoms with Gasteiger partial charge in [-0.2, -0.15) is 0 Å². The Morgan fingerprint density at radius 3 is 2.15 bits per heavy atom. The summed E-state index contributed by atoms with van der Waals surface area (Å²) in [5.41, 5.74) is 0.652.